The highest BCUT2D eigenvalue weighted by atomic mass is 16.5. The van der Waals surface area contributed by atoms with E-state index in [0.29, 0.717) is 34.8 Å². The molecule has 3 heterocycles. The first-order valence-corrected chi connectivity index (χ1v) is 8.81. The molecule has 3 aromatic heterocycles. The Morgan fingerprint density at radius 3 is 3.12 bits per heavy atom. The van der Waals surface area contributed by atoms with Crippen molar-refractivity contribution in [3.05, 3.63) is 40.0 Å². The quantitative estimate of drug-likeness (QED) is 0.762. The molecule has 2 aliphatic rings. The molecule has 7 nitrogen and oxygen atoms in total. The monoisotopic (exact) mass is 337 g/mol. The summed E-state index contributed by atoms with van der Waals surface area (Å²) in [7, 11) is 0. The first-order valence-electron chi connectivity index (χ1n) is 8.81. The number of nitrogens with zero attached hydrogens (tertiary/aromatic N) is 3. The number of carbonyl (C=O) groups is 1. The van der Waals surface area contributed by atoms with Gasteiger partial charge in [0.25, 0.3) is 11.6 Å². The van der Waals surface area contributed by atoms with Crippen LogP contribution in [-0.2, 0) is 19.4 Å². The molecule has 128 valence electrons. The van der Waals surface area contributed by atoms with Gasteiger partial charge in [-0.25, -0.2) is 4.98 Å². The molecule has 1 saturated carbocycles. The lowest BCUT2D eigenvalue weighted by molar-refractivity contribution is 0.0951. The van der Waals surface area contributed by atoms with Gasteiger partial charge in [0.1, 0.15) is 0 Å². The average Bonchev–Trinajstić information content (AvgIpc) is 3.06. The van der Waals surface area contributed by atoms with E-state index in [9.17, 15) is 4.79 Å². The molecular weight excluding hydrogens is 318 g/mol. The number of aromatic nitrogens is 4. The Balaban J connectivity index is 1.45. The van der Waals surface area contributed by atoms with Crippen LogP contribution >= 0.6 is 0 Å². The zero-order chi connectivity index (χ0) is 17.0. The summed E-state index contributed by atoms with van der Waals surface area (Å²) in [5, 5.41) is 15.1. The lowest BCUT2D eigenvalue weighted by Gasteiger charge is -2.07. The summed E-state index contributed by atoms with van der Waals surface area (Å²) in [5.41, 5.74) is 6.08. The van der Waals surface area contributed by atoms with Crippen molar-refractivity contribution >= 4 is 17.0 Å². The molecule has 0 radical (unpaired) electrons. The third kappa shape index (κ3) is 2.42. The molecule has 0 spiro atoms. The lowest BCUT2D eigenvalue weighted by Crippen LogP contribution is -2.24. The predicted molar refractivity (Wildman–Crippen MR) is 90.3 cm³/mol. The zero-order valence-corrected chi connectivity index (χ0v) is 14.1. The zero-order valence-electron chi connectivity index (χ0n) is 14.1. The van der Waals surface area contributed by atoms with Crippen molar-refractivity contribution in [2.45, 2.75) is 51.5 Å². The van der Waals surface area contributed by atoms with Crippen LogP contribution in [0.15, 0.2) is 10.6 Å². The Hall–Kier alpha value is -2.70. The number of pyridine rings is 1. The Bertz CT molecular complexity index is 983. The maximum atomic E-state index is 12.9. The topological polar surface area (TPSA) is 96.7 Å². The van der Waals surface area contributed by atoms with Crippen LogP contribution < -0.4 is 5.32 Å². The SMILES string of the molecule is Cc1noc2nc(C3CC3)cc(C(=O)NCc3n[nH]c4c3CCC4)c12. The Morgan fingerprint density at radius 2 is 2.28 bits per heavy atom. The summed E-state index contributed by atoms with van der Waals surface area (Å²) in [6.45, 7) is 2.26. The van der Waals surface area contributed by atoms with Crippen LogP contribution in [-0.4, -0.2) is 26.2 Å². The van der Waals surface area contributed by atoms with Gasteiger partial charge in [0.15, 0.2) is 0 Å². The van der Waals surface area contributed by atoms with E-state index in [4.69, 9.17) is 4.52 Å². The molecule has 1 amide bonds. The molecule has 0 saturated heterocycles. The molecule has 0 aliphatic heterocycles. The minimum atomic E-state index is -0.129. The van der Waals surface area contributed by atoms with E-state index in [2.05, 4.69) is 25.7 Å². The van der Waals surface area contributed by atoms with Crippen molar-refractivity contribution in [2.24, 2.45) is 0 Å². The smallest absolute Gasteiger partial charge is 0.259 e. The maximum absolute atomic E-state index is 12.9. The van der Waals surface area contributed by atoms with E-state index in [1.54, 1.807) is 0 Å². The normalized spacial score (nSPS) is 16.4. The summed E-state index contributed by atoms with van der Waals surface area (Å²) in [5.74, 6) is 0.311. The van der Waals surface area contributed by atoms with Gasteiger partial charge in [-0.15, -0.1) is 0 Å². The van der Waals surface area contributed by atoms with Gasteiger partial charge >= 0.3 is 0 Å². The number of carbonyl (C=O) groups excluding carboxylic acids is 1. The van der Waals surface area contributed by atoms with Crippen LogP contribution in [0.2, 0.25) is 0 Å². The van der Waals surface area contributed by atoms with Gasteiger partial charge in [0, 0.05) is 17.3 Å². The number of fused-ring (bicyclic) bond motifs is 2. The van der Waals surface area contributed by atoms with E-state index in [1.807, 2.05) is 13.0 Å². The van der Waals surface area contributed by atoms with Crippen LogP contribution in [0.3, 0.4) is 0 Å². The van der Waals surface area contributed by atoms with E-state index >= 15 is 0 Å². The number of H-pyrrole nitrogens is 1. The van der Waals surface area contributed by atoms with Gasteiger partial charge in [0.05, 0.1) is 28.9 Å². The molecule has 25 heavy (non-hydrogen) atoms. The highest BCUT2D eigenvalue weighted by Crippen LogP contribution is 2.40. The van der Waals surface area contributed by atoms with Gasteiger partial charge in [0.2, 0.25) is 0 Å². The molecule has 0 unspecified atom stereocenters. The van der Waals surface area contributed by atoms with Crippen LogP contribution in [0.4, 0.5) is 0 Å². The number of rotatable bonds is 4. The van der Waals surface area contributed by atoms with Gasteiger partial charge in [-0.1, -0.05) is 5.16 Å². The molecule has 0 atom stereocenters. The average molecular weight is 337 g/mol. The van der Waals surface area contributed by atoms with E-state index < -0.39 is 0 Å². The highest BCUT2D eigenvalue weighted by molar-refractivity contribution is 6.06. The minimum absolute atomic E-state index is 0.129. The number of hydrogen-bond donors (Lipinski definition) is 2. The fourth-order valence-electron chi connectivity index (χ4n) is 3.67. The van der Waals surface area contributed by atoms with Crippen LogP contribution in [0.25, 0.3) is 11.1 Å². The first-order chi connectivity index (χ1) is 12.2. The maximum Gasteiger partial charge on any atom is 0.259 e. The summed E-state index contributed by atoms with van der Waals surface area (Å²) in [6, 6.07) is 1.90. The van der Waals surface area contributed by atoms with E-state index in [0.717, 1.165) is 43.5 Å². The summed E-state index contributed by atoms with van der Waals surface area (Å²) < 4.78 is 5.31. The molecule has 0 bridgehead atoms. The van der Waals surface area contributed by atoms with Crippen LogP contribution in [0.1, 0.15) is 63.9 Å². The third-order valence-electron chi connectivity index (χ3n) is 5.19. The van der Waals surface area contributed by atoms with Gasteiger partial charge < -0.3 is 9.84 Å². The molecule has 7 heteroatoms. The van der Waals surface area contributed by atoms with E-state index in [1.165, 1.54) is 11.3 Å². The fraction of sp³-hybridized carbons (Fsp3) is 0.444. The Morgan fingerprint density at radius 1 is 1.40 bits per heavy atom. The molecule has 3 aromatic rings. The number of hydrogen-bond acceptors (Lipinski definition) is 5. The van der Waals surface area contributed by atoms with Crippen molar-refractivity contribution in [2.75, 3.05) is 0 Å². The van der Waals surface area contributed by atoms with Gasteiger partial charge in [-0.05, 0) is 50.7 Å². The molecule has 5 rings (SSSR count). The predicted octanol–water partition coefficient (Wildman–Crippen LogP) is 2.55. The third-order valence-corrected chi connectivity index (χ3v) is 5.19. The number of aryl methyl sites for hydroxylation is 2. The van der Waals surface area contributed by atoms with Crippen molar-refractivity contribution in [1.29, 1.82) is 0 Å². The minimum Gasteiger partial charge on any atom is -0.346 e. The second-order valence-corrected chi connectivity index (χ2v) is 6.98. The summed E-state index contributed by atoms with van der Waals surface area (Å²) >= 11 is 0. The summed E-state index contributed by atoms with van der Waals surface area (Å²) in [6.07, 6.45) is 5.47. The highest BCUT2D eigenvalue weighted by Gasteiger charge is 2.28. The molecule has 0 aromatic carbocycles. The van der Waals surface area contributed by atoms with Gasteiger partial charge in [-0.2, -0.15) is 5.10 Å². The number of nitrogens with one attached hydrogen (secondary N) is 2. The van der Waals surface area contributed by atoms with Crippen LogP contribution in [0, 0.1) is 6.92 Å². The molecule has 2 N–H and O–H groups in total. The lowest BCUT2D eigenvalue weighted by atomic mass is 10.1. The number of amides is 1. The summed E-state index contributed by atoms with van der Waals surface area (Å²) in [4.78, 5) is 17.4. The van der Waals surface area contributed by atoms with Crippen molar-refractivity contribution in [1.82, 2.24) is 25.7 Å². The Kier molecular flexibility index (Phi) is 3.16. The molecule has 2 aliphatic carbocycles. The first kappa shape index (κ1) is 14.6. The largest absolute Gasteiger partial charge is 0.346 e. The van der Waals surface area contributed by atoms with Gasteiger partial charge in [-0.3, -0.25) is 9.89 Å². The number of aromatic amines is 1. The Labute approximate surface area is 144 Å². The second kappa shape index (κ2) is 5.40. The van der Waals surface area contributed by atoms with Crippen LogP contribution in [0.5, 0.6) is 0 Å². The fourth-order valence-corrected chi connectivity index (χ4v) is 3.67. The van der Waals surface area contributed by atoms with E-state index in [-0.39, 0.29) is 5.91 Å². The second-order valence-electron chi connectivity index (χ2n) is 6.98. The van der Waals surface area contributed by atoms with Crippen molar-refractivity contribution in [3.63, 3.8) is 0 Å². The van der Waals surface area contributed by atoms with Crippen molar-refractivity contribution < 1.29 is 9.32 Å². The molecular formula is C18H19N5O2. The molecule has 1 fully saturated rings. The standard InChI is InChI=1S/C18H19N5O2/c1-9-16-12(7-14(10-5-6-10)20-18(16)25-23-9)17(24)19-8-15-11-3-2-4-13(11)21-22-15/h7,10H,2-6,8H2,1H3,(H,19,24)(H,21,22). The van der Waals surface area contributed by atoms with Crippen molar-refractivity contribution in [3.8, 4) is 0 Å².